The van der Waals surface area contributed by atoms with E-state index in [-0.39, 0.29) is 18.0 Å². The molecule has 20 heavy (non-hydrogen) atoms. The number of nitrogens with two attached hydrogens (primary N) is 1. The zero-order chi connectivity index (χ0) is 14.9. The molecule has 6 nitrogen and oxygen atoms in total. The van der Waals surface area contributed by atoms with E-state index in [1.54, 1.807) is 12.1 Å². The van der Waals surface area contributed by atoms with Gasteiger partial charge in [-0.15, -0.1) is 0 Å². The van der Waals surface area contributed by atoms with Crippen molar-refractivity contribution in [3.8, 4) is 0 Å². The molecule has 2 rings (SSSR count). The van der Waals surface area contributed by atoms with Gasteiger partial charge in [-0.3, -0.25) is 9.59 Å². The fourth-order valence-electron chi connectivity index (χ4n) is 1.87. The number of primary amides is 1. The van der Waals surface area contributed by atoms with Crippen LogP contribution in [-0.4, -0.2) is 22.1 Å². The van der Waals surface area contributed by atoms with E-state index in [1.165, 1.54) is 4.68 Å². The summed E-state index contributed by atoms with van der Waals surface area (Å²) in [5.41, 5.74) is 8.21. The van der Waals surface area contributed by atoms with E-state index in [2.05, 4.69) is 26.3 Å². The maximum absolute atomic E-state index is 12.5. The van der Waals surface area contributed by atoms with Gasteiger partial charge in [0.1, 0.15) is 12.4 Å². The van der Waals surface area contributed by atoms with Gasteiger partial charge >= 0.3 is 0 Å². The van der Waals surface area contributed by atoms with Crippen LogP contribution in [0.25, 0.3) is 10.9 Å². The Hall–Kier alpha value is -1.89. The van der Waals surface area contributed by atoms with Gasteiger partial charge in [-0.1, -0.05) is 29.8 Å². The number of hydrogen-bond acceptors (Lipinski definition) is 4. The highest BCUT2D eigenvalue weighted by molar-refractivity contribution is 9.10. The monoisotopic (exact) mass is 338 g/mol. The highest BCUT2D eigenvalue weighted by Crippen LogP contribution is 2.18. The van der Waals surface area contributed by atoms with Gasteiger partial charge in [0, 0.05) is 10.4 Å². The van der Waals surface area contributed by atoms with Gasteiger partial charge in [0.15, 0.2) is 0 Å². The van der Waals surface area contributed by atoms with Crippen LogP contribution in [0.3, 0.4) is 0 Å². The lowest BCUT2D eigenvalue weighted by Crippen LogP contribution is -2.37. The first-order valence-corrected chi connectivity index (χ1v) is 6.94. The highest BCUT2D eigenvalue weighted by Gasteiger charge is 2.14. The second kappa shape index (κ2) is 5.62. The standard InChI is InChI=1S/C13H15BrN4O2/c1-7(2)12-17-10-4-3-8(14)5-9(10)13(20)18(12)16-6-11(15)19/h3-5,7,16H,6H2,1-2H3,(H2,15,19). The molecular formula is C13H15BrN4O2. The lowest BCUT2D eigenvalue weighted by molar-refractivity contribution is -0.116. The van der Waals surface area contributed by atoms with Gasteiger partial charge in [-0.25, -0.2) is 9.66 Å². The first-order chi connectivity index (χ1) is 9.40. The third-order valence-electron chi connectivity index (χ3n) is 2.78. The number of aromatic nitrogens is 2. The van der Waals surface area contributed by atoms with E-state index < -0.39 is 5.91 Å². The van der Waals surface area contributed by atoms with Crippen molar-refractivity contribution in [1.29, 1.82) is 0 Å². The number of nitrogens with zero attached hydrogens (tertiary/aromatic N) is 2. The Kier molecular flexibility index (Phi) is 4.08. The summed E-state index contributed by atoms with van der Waals surface area (Å²) in [6.45, 7) is 3.73. The van der Waals surface area contributed by atoms with Gasteiger partial charge < -0.3 is 11.2 Å². The summed E-state index contributed by atoms with van der Waals surface area (Å²) >= 11 is 3.33. The first-order valence-electron chi connectivity index (χ1n) is 6.14. The van der Waals surface area contributed by atoms with E-state index in [1.807, 2.05) is 19.9 Å². The molecule has 0 radical (unpaired) electrons. The second-order valence-corrected chi connectivity index (χ2v) is 5.64. The number of halogens is 1. The number of nitrogens with one attached hydrogen (secondary N) is 1. The van der Waals surface area contributed by atoms with Crippen molar-refractivity contribution in [2.24, 2.45) is 5.73 Å². The van der Waals surface area contributed by atoms with Crippen molar-refractivity contribution >= 4 is 32.7 Å². The molecular weight excluding hydrogens is 324 g/mol. The molecule has 1 heterocycles. The third-order valence-corrected chi connectivity index (χ3v) is 3.28. The van der Waals surface area contributed by atoms with Gasteiger partial charge in [-0.05, 0) is 18.2 Å². The van der Waals surface area contributed by atoms with Gasteiger partial charge in [0.25, 0.3) is 5.56 Å². The zero-order valence-corrected chi connectivity index (χ0v) is 12.8. The summed E-state index contributed by atoms with van der Waals surface area (Å²) in [5.74, 6) is 0.0446. The smallest absolute Gasteiger partial charge is 0.280 e. The summed E-state index contributed by atoms with van der Waals surface area (Å²) in [7, 11) is 0. The molecule has 0 saturated carbocycles. The summed E-state index contributed by atoms with van der Waals surface area (Å²) < 4.78 is 2.09. The average Bonchev–Trinajstić information content (AvgIpc) is 2.37. The number of rotatable bonds is 4. The molecule has 0 unspecified atom stereocenters. The number of carbonyl (C=O) groups is 1. The Morgan fingerprint density at radius 2 is 2.20 bits per heavy atom. The molecule has 0 aliphatic carbocycles. The van der Waals surface area contributed by atoms with E-state index in [0.717, 1.165) is 4.47 Å². The van der Waals surface area contributed by atoms with E-state index in [4.69, 9.17) is 5.73 Å². The quantitative estimate of drug-likeness (QED) is 0.879. The molecule has 0 saturated heterocycles. The van der Waals surface area contributed by atoms with Crippen LogP contribution >= 0.6 is 15.9 Å². The molecule has 0 fully saturated rings. The topological polar surface area (TPSA) is 90.0 Å². The Morgan fingerprint density at radius 3 is 2.80 bits per heavy atom. The van der Waals surface area contributed by atoms with Crippen molar-refractivity contribution in [2.75, 3.05) is 12.0 Å². The molecule has 0 aliphatic rings. The van der Waals surface area contributed by atoms with Crippen LogP contribution in [0.4, 0.5) is 0 Å². The number of hydrogen-bond donors (Lipinski definition) is 2. The maximum Gasteiger partial charge on any atom is 0.280 e. The van der Waals surface area contributed by atoms with Crippen molar-refractivity contribution in [1.82, 2.24) is 9.66 Å². The van der Waals surface area contributed by atoms with Crippen LogP contribution in [0, 0.1) is 0 Å². The average molecular weight is 339 g/mol. The summed E-state index contributed by atoms with van der Waals surface area (Å²) in [6.07, 6.45) is 0. The van der Waals surface area contributed by atoms with Crippen molar-refractivity contribution < 1.29 is 4.79 Å². The molecule has 1 amide bonds. The highest BCUT2D eigenvalue weighted by atomic mass is 79.9. The van der Waals surface area contributed by atoms with Crippen LogP contribution in [0.2, 0.25) is 0 Å². The maximum atomic E-state index is 12.5. The molecule has 2 aromatic rings. The first kappa shape index (κ1) is 14.5. The largest absolute Gasteiger partial charge is 0.368 e. The molecule has 7 heteroatoms. The molecule has 0 aliphatic heterocycles. The SMILES string of the molecule is CC(C)c1nc2ccc(Br)cc2c(=O)n1NCC(N)=O. The number of fused-ring (bicyclic) bond motifs is 1. The lowest BCUT2D eigenvalue weighted by atomic mass is 10.2. The van der Waals surface area contributed by atoms with Crippen LogP contribution in [-0.2, 0) is 4.79 Å². The fourth-order valence-corrected chi connectivity index (χ4v) is 2.23. The van der Waals surface area contributed by atoms with Crippen molar-refractivity contribution in [3.05, 3.63) is 38.9 Å². The number of carbonyl (C=O) groups excluding carboxylic acids is 1. The Labute approximate surface area is 124 Å². The van der Waals surface area contributed by atoms with Crippen LogP contribution in [0.15, 0.2) is 27.5 Å². The molecule has 106 valence electrons. The zero-order valence-electron chi connectivity index (χ0n) is 11.2. The minimum atomic E-state index is -0.541. The fraction of sp³-hybridized carbons (Fsp3) is 0.308. The Balaban J connectivity index is 2.68. The van der Waals surface area contributed by atoms with Gasteiger partial charge in [0.2, 0.25) is 5.91 Å². The second-order valence-electron chi connectivity index (χ2n) is 4.73. The molecule has 1 aromatic heterocycles. The lowest BCUT2D eigenvalue weighted by Gasteiger charge is -2.16. The molecule has 3 N–H and O–H groups in total. The normalized spacial score (nSPS) is 11.0. The number of benzene rings is 1. The molecule has 0 bridgehead atoms. The third kappa shape index (κ3) is 2.82. The minimum Gasteiger partial charge on any atom is -0.368 e. The molecule has 0 atom stereocenters. The summed E-state index contributed by atoms with van der Waals surface area (Å²) in [6, 6.07) is 5.32. The molecule has 0 spiro atoms. The van der Waals surface area contributed by atoms with E-state index in [0.29, 0.717) is 16.7 Å². The summed E-state index contributed by atoms with van der Waals surface area (Å²) in [4.78, 5) is 27.9. The Bertz CT molecular complexity index is 724. The number of amides is 1. The van der Waals surface area contributed by atoms with Crippen LogP contribution in [0.5, 0.6) is 0 Å². The predicted molar refractivity (Wildman–Crippen MR) is 81.2 cm³/mol. The Morgan fingerprint density at radius 1 is 1.50 bits per heavy atom. The van der Waals surface area contributed by atoms with Crippen LogP contribution in [0.1, 0.15) is 25.6 Å². The van der Waals surface area contributed by atoms with Crippen LogP contribution < -0.4 is 16.7 Å². The van der Waals surface area contributed by atoms with E-state index >= 15 is 0 Å². The van der Waals surface area contributed by atoms with Crippen molar-refractivity contribution in [3.63, 3.8) is 0 Å². The minimum absolute atomic E-state index is 0.0242. The van der Waals surface area contributed by atoms with Crippen molar-refractivity contribution in [2.45, 2.75) is 19.8 Å². The van der Waals surface area contributed by atoms with Gasteiger partial charge in [-0.2, -0.15) is 0 Å². The van der Waals surface area contributed by atoms with E-state index in [9.17, 15) is 9.59 Å². The van der Waals surface area contributed by atoms with Gasteiger partial charge in [0.05, 0.1) is 10.9 Å². The predicted octanol–water partition coefficient (Wildman–Crippen LogP) is 1.31. The molecule has 1 aromatic carbocycles. The summed E-state index contributed by atoms with van der Waals surface area (Å²) in [5, 5.41) is 0.473.